The van der Waals surface area contributed by atoms with Crippen LogP contribution in [0.15, 0.2) is 17.5 Å². The Morgan fingerprint density at radius 1 is 1.25 bits per heavy atom. The van der Waals surface area contributed by atoms with Gasteiger partial charge in [-0.15, -0.1) is 11.3 Å². The van der Waals surface area contributed by atoms with Crippen molar-refractivity contribution < 1.29 is 14.7 Å². The maximum absolute atomic E-state index is 12.1. The molecule has 86 valence electrons. The zero-order chi connectivity index (χ0) is 11.5. The van der Waals surface area contributed by atoms with Crippen molar-refractivity contribution in [2.75, 3.05) is 0 Å². The van der Waals surface area contributed by atoms with Crippen LogP contribution >= 0.6 is 11.3 Å². The van der Waals surface area contributed by atoms with Crippen molar-refractivity contribution in [1.29, 1.82) is 0 Å². The van der Waals surface area contributed by atoms with Crippen LogP contribution < -0.4 is 5.11 Å². The van der Waals surface area contributed by atoms with E-state index in [1.807, 2.05) is 11.4 Å². The van der Waals surface area contributed by atoms with Crippen molar-refractivity contribution in [2.24, 2.45) is 11.8 Å². The molecule has 1 aliphatic carbocycles. The smallest absolute Gasteiger partial charge is 0.176 e. The molecule has 4 heteroatoms. The van der Waals surface area contributed by atoms with E-state index in [0.29, 0.717) is 17.7 Å². The normalized spacial score (nSPS) is 25.2. The second-order valence-corrected chi connectivity index (χ2v) is 5.11. The molecule has 0 amide bonds. The average Bonchev–Trinajstić information content (AvgIpc) is 2.81. The van der Waals surface area contributed by atoms with Crippen LogP contribution in [0.5, 0.6) is 0 Å². The third-order valence-corrected chi connectivity index (χ3v) is 4.05. The SMILES string of the molecule is O=C(c1cccs1)[C@H]1CCCC[C@H]1C(=O)[O-]. The van der Waals surface area contributed by atoms with Crippen LogP contribution in [-0.2, 0) is 4.79 Å². The maximum Gasteiger partial charge on any atom is 0.176 e. The highest BCUT2D eigenvalue weighted by Crippen LogP contribution is 2.33. The van der Waals surface area contributed by atoms with Gasteiger partial charge in [-0.25, -0.2) is 0 Å². The minimum absolute atomic E-state index is 0.0242. The fraction of sp³-hybridized carbons (Fsp3) is 0.500. The first-order valence-corrected chi connectivity index (χ1v) is 6.36. The molecule has 0 radical (unpaired) electrons. The van der Waals surface area contributed by atoms with E-state index < -0.39 is 11.9 Å². The van der Waals surface area contributed by atoms with E-state index in [4.69, 9.17) is 0 Å². The summed E-state index contributed by atoms with van der Waals surface area (Å²) in [6, 6.07) is 3.57. The Morgan fingerprint density at radius 2 is 1.94 bits per heavy atom. The molecule has 0 spiro atoms. The number of carboxylic acid groups (broad SMARTS) is 1. The van der Waals surface area contributed by atoms with Gasteiger partial charge in [0.25, 0.3) is 0 Å². The largest absolute Gasteiger partial charge is 0.550 e. The second-order valence-electron chi connectivity index (χ2n) is 4.16. The highest BCUT2D eigenvalue weighted by molar-refractivity contribution is 7.12. The molecule has 1 saturated carbocycles. The minimum Gasteiger partial charge on any atom is -0.550 e. The Morgan fingerprint density at radius 3 is 2.50 bits per heavy atom. The van der Waals surface area contributed by atoms with Crippen LogP contribution in [0, 0.1) is 11.8 Å². The van der Waals surface area contributed by atoms with Gasteiger partial charge in [0.1, 0.15) is 0 Å². The van der Waals surface area contributed by atoms with E-state index in [-0.39, 0.29) is 11.7 Å². The number of hydrogen-bond acceptors (Lipinski definition) is 4. The van der Waals surface area contributed by atoms with Crippen molar-refractivity contribution in [2.45, 2.75) is 25.7 Å². The summed E-state index contributed by atoms with van der Waals surface area (Å²) in [4.78, 5) is 23.7. The van der Waals surface area contributed by atoms with Crippen LogP contribution in [0.1, 0.15) is 35.4 Å². The lowest BCUT2D eigenvalue weighted by Crippen LogP contribution is -2.40. The van der Waals surface area contributed by atoms with Gasteiger partial charge in [-0.05, 0) is 24.3 Å². The molecule has 2 atom stereocenters. The lowest BCUT2D eigenvalue weighted by molar-refractivity contribution is -0.313. The van der Waals surface area contributed by atoms with Gasteiger partial charge in [-0.1, -0.05) is 18.9 Å². The summed E-state index contributed by atoms with van der Waals surface area (Å²) in [6.45, 7) is 0. The summed E-state index contributed by atoms with van der Waals surface area (Å²) in [6.07, 6.45) is 3.07. The maximum atomic E-state index is 12.1. The highest BCUT2D eigenvalue weighted by Gasteiger charge is 2.32. The Balaban J connectivity index is 2.17. The summed E-state index contributed by atoms with van der Waals surface area (Å²) in [7, 11) is 0. The predicted molar refractivity (Wildman–Crippen MR) is 59.1 cm³/mol. The molecule has 0 bridgehead atoms. The van der Waals surface area contributed by atoms with Crippen molar-refractivity contribution in [3.8, 4) is 0 Å². The standard InChI is InChI=1S/C12H14O3S/c13-11(10-6-3-7-16-10)8-4-1-2-5-9(8)12(14)15/h3,6-9H,1-2,4-5H2,(H,14,15)/p-1/t8-,9+/m0/s1. The van der Waals surface area contributed by atoms with Crippen LogP contribution in [0.3, 0.4) is 0 Å². The van der Waals surface area contributed by atoms with Gasteiger partial charge in [-0.3, -0.25) is 4.79 Å². The molecule has 1 heterocycles. The average molecular weight is 237 g/mol. The highest BCUT2D eigenvalue weighted by atomic mass is 32.1. The molecule has 0 unspecified atom stereocenters. The molecular formula is C12H13O3S-. The van der Waals surface area contributed by atoms with E-state index in [1.54, 1.807) is 6.07 Å². The van der Waals surface area contributed by atoms with E-state index >= 15 is 0 Å². The van der Waals surface area contributed by atoms with Gasteiger partial charge in [-0.2, -0.15) is 0 Å². The van der Waals surface area contributed by atoms with Crippen LogP contribution in [0.2, 0.25) is 0 Å². The molecule has 0 saturated heterocycles. The molecule has 3 nitrogen and oxygen atoms in total. The summed E-state index contributed by atoms with van der Waals surface area (Å²) < 4.78 is 0. The number of rotatable bonds is 3. The molecule has 0 aliphatic heterocycles. The van der Waals surface area contributed by atoms with Crippen molar-refractivity contribution in [1.82, 2.24) is 0 Å². The molecule has 0 aromatic carbocycles. The fourth-order valence-corrected chi connectivity index (χ4v) is 3.06. The van der Waals surface area contributed by atoms with Crippen LogP contribution in [0.25, 0.3) is 0 Å². The summed E-state index contributed by atoms with van der Waals surface area (Å²) >= 11 is 1.38. The first kappa shape index (κ1) is 11.3. The third-order valence-electron chi connectivity index (χ3n) is 3.17. The monoisotopic (exact) mass is 237 g/mol. The second kappa shape index (κ2) is 4.78. The lowest BCUT2D eigenvalue weighted by atomic mass is 9.76. The Bertz CT molecular complexity index is 383. The third kappa shape index (κ3) is 2.16. The van der Waals surface area contributed by atoms with E-state index in [2.05, 4.69) is 0 Å². The Kier molecular flexibility index (Phi) is 3.39. The van der Waals surface area contributed by atoms with Crippen LogP contribution in [0.4, 0.5) is 0 Å². The molecule has 1 aromatic heterocycles. The predicted octanol–water partition coefficient (Wildman–Crippen LogP) is 1.49. The number of ketones is 1. The summed E-state index contributed by atoms with van der Waals surface area (Å²) in [5.74, 6) is -2.07. The summed E-state index contributed by atoms with van der Waals surface area (Å²) in [5.41, 5.74) is 0. The van der Waals surface area contributed by atoms with Crippen molar-refractivity contribution in [3.05, 3.63) is 22.4 Å². The van der Waals surface area contributed by atoms with Gasteiger partial charge in [0.2, 0.25) is 0 Å². The number of thiophene rings is 1. The molecule has 1 fully saturated rings. The fourth-order valence-electron chi connectivity index (χ4n) is 2.33. The molecule has 16 heavy (non-hydrogen) atoms. The van der Waals surface area contributed by atoms with E-state index in [0.717, 1.165) is 12.8 Å². The number of carbonyl (C=O) groups excluding carboxylic acids is 2. The molecular weight excluding hydrogens is 224 g/mol. The van der Waals surface area contributed by atoms with Gasteiger partial charge >= 0.3 is 0 Å². The molecule has 1 aromatic rings. The van der Waals surface area contributed by atoms with Gasteiger partial charge in [0, 0.05) is 17.8 Å². The van der Waals surface area contributed by atoms with Gasteiger partial charge in [0.15, 0.2) is 5.78 Å². The minimum atomic E-state index is -1.07. The van der Waals surface area contributed by atoms with Gasteiger partial charge in [0.05, 0.1) is 4.88 Å². The molecule has 1 aliphatic rings. The van der Waals surface area contributed by atoms with E-state index in [9.17, 15) is 14.7 Å². The quantitative estimate of drug-likeness (QED) is 0.748. The Labute approximate surface area is 98.1 Å². The zero-order valence-electron chi connectivity index (χ0n) is 8.85. The number of aliphatic carboxylic acids is 1. The lowest BCUT2D eigenvalue weighted by Gasteiger charge is -2.30. The Hall–Kier alpha value is -1.16. The van der Waals surface area contributed by atoms with E-state index in [1.165, 1.54) is 11.3 Å². The van der Waals surface area contributed by atoms with Crippen molar-refractivity contribution >= 4 is 23.1 Å². The molecule has 2 rings (SSSR count). The number of Topliss-reactive ketones (excluding diaryl/α,β-unsaturated/α-hetero) is 1. The van der Waals surface area contributed by atoms with Crippen LogP contribution in [-0.4, -0.2) is 11.8 Å². The molecule has 0 N–H and O–H groups in total. The number of carboxylic acids is 1. The van der Waals surface area contributed by atoms with Gasteiger partial charge < -0.3 is 9.90 Å². The summed E-state index contributed by atoms with van der Waals surface area (Å²) in [5, 5.41) is 12.8. The topological polar surface area (TPSA) is 57.2 Å². The number of hydrogen-bond donors (Lipinski definition) is 0. The first-order valence-electron chi connectivity index (χ1n) is 5.48. The van der Waals surface area contributed by atoms with Crippen molar-refractivity contribution in [3.63, 3.8) is 0 Å². The zero-order valence-corrected chi connectivity index (χ0v) is 9.66. The number of carbonyl (C=O) groups is 2. The first-order chi connectivity index (χ1) is 7.70.